The normalized spacial score (nSPS) is 13.6. The lowest BCUT2D eigenvalue weighted by Crippen LogP contribution is -2.06. The van der Waals surface area contributed by atoms with Crippen molar-refractivity contribution in [2.75, 3.05) is 5.32 Å². The van der Waals surface area contributed by atoms with Gasteiger partial charge in [-0.1, -0.05) is 42.1 Å². The maximum Gasteiger partial charge on any atom is 0.418 e. The Morgan fingerprint density at radius 1 is 0.889 bits per heavy atom. The van der Waals surface area contributed by atoms with E-state index in [1.165, 1.54) is 12.1 Å². The van der Waals surface area contributed by atoms with Crippen LogP contribution >= 0.6 is 11.8 Å². The summed E-state index contributed by atoms with van der Waals surface area (Å²) >= 11 is 1.66. The number of alkyl halides is 3. The highest BCUT2D eigenvalue weighted by atomic mass is 32.2. The average molecular weight is 384 g/mol. The Kier molecular flexibility index (Phi) is 4.44. The van der Waals surface area contributed by atoms with E-state index in [1.807, 2.05) is 42.5 Å². The number of halogens is 3. The molecular formula is C21H15F3N2S. The highest BCUT2D eigenvalue weighted by Crippen LogP contribution is 2.44. The molecule has 3 aromatic carbocycles. The Labute approximate surface area is 159 Å². The first kappa shape index (κ1) is 17.7. The largest absolute Gasteiger partial charge is 0.418 e. The summed E-state index contributed by atoms with van der Waals surface area (Å²) in [7, 11) is 0. The minimum atomic E-state index is -4.43. The minimum absolute atomic E-state index is 0.0760. The smallest absolute Gasteiger partial charge is 0.354 e. The second-order valence-electron chi connectivity index (χ2n) is 6.15. The van der Waals surface area contributed by atoms with Crippen molar-refractivity contribution in [3.8, 4) is 0 Å². The standard InChI is InChI=1S/C21H15F3N2S/c1-13(25-16-7-3-2-6-15(16)21(22,23)24)14-10-11-20-18(12-14)26-17-8-4-5-9-19(17)27-20/h2-12,26H,1H3. The molecule has 0 saturated heterocycles. The fourth-order valence-corrected chi connectivity index (χ4v) is 3.89. The molecule has 27 heavy (non-hydrogen) atoms. The highest BCUT2D eigenvalue weighted by Gasteiger charge is 2.33. The summed E-state index contributed by atoms with van der Waals surface area (Å²) in [4.78, 5) is 6.46. The zero-order valence-corrected chi connectivity index (χ0v) is 15.2. The lowest BCUT2D eigenvalue weighted by atomic mass is 10.1. The average Bonchev–Trinajstić information content (AvgIpc) is 2.65. The van der Waals surface area contributed by atoms with Crippen LogP contribution < -0.4 is 5.32 Å². The number of hydrogen-bond acceptors (Lipinski definition) is 3. The van der Waals surface area contributed by atoms with E-state index in [1.54, 1.807) is 24.8 Å². The number of nitrogens with one attached hydrogen (secondary N) is 1. The molecule has 0 saturated carbocycles. The Morgan fingerprint density at radius 3 is 2.41 bits per heavy atom. The number of rotatable bonds is 2. The van der Waals surface area contributed by atoms with E-state index in [2.05, 4.69) is 10.3 Å². The van der Waals surface area contributed by atoms with Crippen molar-refractivity contribution in [3.05, 3.63) is 77.9 Å². The van der Waals surface area contributed by atoms with E-state index in [-0.39, 0.29) is 5.69 Å². The molecule has 0 bridgehead atoms. The number of hydrogen-bond donors (Lipinski definition) is 1. The second-order valence-corrected chi connectivity index (χ2v) is 7.23. The lowest BCUT2D eigenvalue weighted by Gasteiger charge is -2.21. The van der Waals surface area contributed by atoms with Crippen LogP contribution in [0.2, 0.25) is 0 Å². The van der Waals surface area contributed by atoms with Gasteiger partial charge in [0.15, 0.2) is 0 Å². The molecule has 6 heteroatoms. The molecule has 1 heterocycles. The summed E-state index contributed by atoms with van der Waals surface area (Å²) in [5, 5.41) is 3.38. The second kappa shape index (κ2) is 6.78. The van der Waals surface area contributed by atoms with Crippen LogP contribution in [0.3, 0.4) is 0 Å². The maximum absolute atomic E-state index is 13.2. The van der Waals surface area contributed by atoms with Gasteiger partial charge in [-0.3, -0.25) is 4.99 Å². The van der Waals surface area contributed by atoms with Gasteiger partial charge in [0, 0.05) is 15.5 Å². The van der Waals surface area contributed by atoms with Crippen molar-refractivity contribution in [2.45, 2.75) is 22.9 Å². The van der Waals surface area contributed by atoms with Gasteiger partial charge in [0.1, 0.15) is 0 Å². The summed E-state index contributed by atoms with van der Waals surface area (Å²) in [6.07, 6.45) is -4.43. The van der Waals surface area contributed by atoms with Crippen LogP contribution in [0.15, 0.2) is 81.5 Å². The van der Waals surface area contributed by atoms with Crippen molar-refractivity contribution < 1.29 is 13.2 Å². The Hall–Kier alpha value is -2.73. The van der Waals surface area contributed by atoms with Gasteiger partial charge >= 0.3 is 6.18 Å². The zero-order valence-electron chi connectivity index (χ0n) is 14.3. The van der Waals surface area contributed by atoms with Crippen molar-refractivity contribution in [1.29, 1.82) is 0 Å². The van der Waals surface area contributed by atoms with Crippen LogP contribution in [-0.4, -0.2) is 5.71 Å². The molecule has 0 spiro atoms. The predicted molar refractivity (Wildman–Crippen MR) is 104 cm³/mol. The Morgan fingerprint density at radius 2 is 1.59 bits per heavy atom. The first-order valence-corrected chi connectivity index (χ1v) is 9.13. The molecule has 0 amide bonds. The number of anilines is 2. The number of nitrogens with zero attached hydrogens (tertiary/aromatic N) is 1. The van der Waals surface area contributed by atoms with E-state index >= 15 is 0 Å². The number of fused-ring (bicyclic) bond motifs is 2. The van der Waals surface area contributed by atoms with E-state index < -0.39 is 11.7 Å². The third kappa shape index (κ3) is 3.57. The van der Waals surface area contributed by atoms with Crippen LogP contribution in [-0.2, 0) is 6.18 Å². The summed E-state index contributed by atoms with van der Waals surface area (Å²) in [6, 6.07) is 19.1. The highest BCUT2D eigenvalue weighted by molar-refractivity contribution is 7.99. The van der Waals surface area contributed by atoms with Gasteiger partial charge < -0.3 is 5.32 Å². The fourth-order valence-electron chi connectivity index (χ4n) is 2.92. The van der Waals surface area contributed by atoms with Crippen LogP contribution in [0.4, 0.5) is 30.2 Å². The summed E-state index contributed by atoms with van der Waals surface area (Å²) in [5.41, 5.74) is 2.44. The Bertz CT molecular complexity index is 1040. The SMILES string of the molecule is CC(=Nc1ccccc1C(F)(F)F)c1ccc2c(c1)Nc1ccccc1S2. The topological polar surface area (TPSA) is 24.4 Å². The van der Waals surface area contributed by atoms with Crippen LogP contribution in [0.5, 0.6) is 0 Å². The van der Waals surface area contributed by atoms with Gasteiger partial charge in [0.25, 0.3) is 0 Å². The monoisotopic (exact) mass is 384 g/mol. The summed E-state index contributed by atoms with van der Waals surface area (Å²) in [5.74, 6) is 0. The number of para-hydroxylation sites is 2. The quantitative estimate of drug-likeness (QED) is 0.374. The minimum Gasteiger partial charge on any atom is -0.354 e. The van der Waals surface area contributed by atoms with E-state index in [9.17, 15) is 13.2 Å². The van der Waals surface area contributed by atoms with Gasteiger partial charge in [-0.25, -0.2) is 0 Å². The molecule has 1 aliphatic rings. The zero-order chi connectivity index (χ0) is 19.0. The number of benzene rings is 3. The Balaban J connectivity index is 1.69. The fraction of sp³-hybridized carbons (Fsp3) is 0.0952. The van der Waals surface area contributed by atoms with Gasteiger partial charge in [-0.05, 0) is 48.9 Å². The maximum atomic E-state index is 13.2. The van der Waals surface area contributed by atoms with Gasteiger partial charge in [-0.15, -0.1) is 0 Å². The van der Waals surface area contributed by atoms with Crippen molar-refractivity contribution in [2.24, 2.45) is 4.99 Å². The molecule has 4 rings (SSSR count). The number of aliphatic imine (C=N–C) groups is 1. The van der Waals surface area contributed by atoms with Gasteiger partial charge in [0.2, 0.25) is 0 Å². The molecule has 0 atom stereocenters. The third-order valence-corrected chi connectivity index (χ3v) is 5.42. The van der Waals surface area contributed by atoms with Gasteiger partial charge in [0.05, 0.1) is 22.6 Å². The van der Waals surface area contributed by atoms with Crippen LogP contribution in [0.25, 0.3) is 0 Å². The van der Waals surface area contributed by atoms with Crippen LogP contribution in [0.1, 0.15) is 18.1 Å². The van der Waals surface area contributed by atoms with Crippen LogP contribution in [0, 0.1) is 0 Å². The molecule has 3 aromatic rings. The van der Waals surface area contributed by atoms with Gasteiger partial charge in [-0.2, -0.15) is 13.2 Å². The predicted octanol–water partition coefficient (Wildman–Crippen LogP) is 7.05. The molecule has 0 fully saturated rings. The first-order chi connectivity index (χ1) is 12.9. The molecule has 0 aliphatic carbocycles. The molecular weight excluding hydrogens is 369 g/mol. The summed E-state index contributed by atoms with van der Waals surface area (Å²) < 4.78 is 39.6. The molecule has 0 unspecified atom stereocenters. The van der Waals surface area contributed by atoms with E-state index in [0.717, 1.165) is 32.8 Å². The van der Waals surface area contributed by atoms with E-state index in [0.29, 0.717) is 5.71 Å². The molecule has 136 valence electrons. The van der Waals surface area contributed by atoms with Crippen molar-refractivity contribution in [3.63, 3.8) is 0 Å². The lowest BCUT2D eigenvalue weighted by molar-refractivity contribution is -0.137. The molecule has 0 radical (unpaired) electrons. The summed E-state index contributed by atoms with van der Waals surface area (Å²) in [6.45, 7) is 1.72. The molecule has 0 aromatic heterocycles. The van der Waals surface area contributed by atoms with Crippen molar-refractivity contribution in [1.82, 2.24) is 0 Å². The van der Waals surface area contributed by atoms with Crippen molar-refractivity contribution >= 4 is 34.5 Å². The van der Waals surface area contributed by atoms with E-state index in [4.69, 9.17) is 0 Å². The molecule has 2 nitrogen and oxygen atoms in total. The molecule has 1 N–H and O–H groups in total. The third-order valence-electron chi connectivity index (χ3n) is 4.27. The molecule has 1 aliphatic heterocycles. The first-order valence-electron chi connectivity index (χ1n) is 8.32.